The number of primary amides is 1. The fourth-order valence-electron chi connectivity index (χ4n) is 2.77. The standard InChI is InChI=1S/C19H31N7O6/c1-9(2)4-13(25-16(28)12(20)5-11-7-22-8-23-11)18(30)26-14(6-15(21)27)17(29)24-10(3)19(31)32/h7-10,12-14H,4-6,20H2,1-3H3,(H2,21,27)(H,22,23)(H,24,29)(H,25,28)(H,26,30)(H,31,32). The lowest BCUT2D eigenvalue weighted by Gasteiger charge is -2.25. The molecule has 1 rings (SSSR count). The molecule has 0 bridgehead atoms. The first kappa shape index (κ1) is 26.6. The van der Waals surface area contributed by atoms with Crippen molar-refractivity contribution < 1.29 is 29.1 Å². The molecule has 1 aromatic heterocycles. The van der Waals surface area contributed by atoms with E-state index in [1.54, 1.807) is 0 Å². The van der Waals surface area contributed by atoms with Gasteiger partial charge < -0.3 is 37.5 Å². The van der Waals surface area contributed by atoms with Crippen LogP contribution in [0.4, 0.5) is 0 Å². The Balaban J connectivity index is 2.89. The van der Waals surface area contributed by atoms with E-state index in [2.05, 4.69) is 25.9 Å². The lowest BCUT2D eigenvalue weighted by atomic mass is 10.0. The fourth-order valence-corrected chi connectivity index (χ4v) is 2.77. The van der Waals surface area contributed by atoms with E-state index in [1.165, 1.54) is 19.4 Å². The van der Waals surface area contributed by atoms with E-state index < -0.39 is 60.2 Å². The van der Waals surface area contributed by atoms with Gasteiger partial charge in [0.2, 0.25) is 23.6 Å². The van der Waals surface area contributed by atoms with Crippen LogP contribution in [-0.4, -0.2) is 68.8 Å². The summed E-state index contributed by atoms with van der Waals surface area (Å²) in [5, 5.41) is 16.1. The number of carboxylic acid groups (broad SMARTS) is 1. The molecular weight excluding hydrogens is 422 g/mol. The van der Waals surface area contributed by atoms with Crippen molar-refractivity contribution in [2.24, 2.45) is 17.4 Å². The van der Waals surface area contributed by atoms with Crippen molar-refractivity contribution in [3.8, 4) is 0 Å². The number of hydrogen-bond donors (Lipinski definition) is 7. The first-order valence-electron chi connectivity index (χ1n) is 10.1. The first-order valence-corrected chi connectivity index (χ1v) is 10.1. The predicted octanol–water partition coefficient (Wildman–Crippen LogP) is -2.24. The van der Waals surface area contributed by atoms with Crippen LogP contribution in [0.2, 0.25) is 0 Å². The zero-order chi connectivity index (χ0) is 24.4. The molecule has 178 valence electrons. The van der Waals surface area contributed by atoms with Gasteiger partial charge in [0.15, 0.2) is 0 Å². The number of hydrogen-bond acceptors (Lipinski definition) is 7. The molecule has 4 unspecified atom stereocenters. The maximum absolute atomic E-state index is 12.8. The Morgan fingerprint density at radius 3 is 2.12 bits per heavy atom. The number of carbonyl (C=O) groups is 5. The smallest absolute Gasteiger partial charge is 0.325 e. The van der Waals surface area contributed by atoms with Gasteiger partial charge in [-0.1, -0.05) is 13.8 Å². The van der Waals surface area contributed by atoms with Crippen molar-refractivity contribution in [1.82, 2.24) is 25.9 Å². The van der Waals surface area contributed by atoms with Gasteiger partial charge in [-0.3, -0.25) is 24.0 Å². The maximum atomic E-state index is 12.8. The number of carbonyl (C=O) groups excluding carboxylic acids is 4. The normalized spacial score (nSPS) is 14.7. The van der Waals surface area contributed by atoms with Gasteiger partial charge in [0.05, 0.1) is 18.8 Å². The third kappa shape index (κ3) is 9.12. The van der Waals surface area contributed by atoms with Crippen LogP contribution in [0.1, 0.15) is 39.3 Å². The molecule has 1 heterocycles. The summed E-state index contributed by atoms with van der Waals surface area (Å²) in [6.45, 7) is 4.89. The highest BCUT2D eigenvalue weighted by atomic mass is 16.4. The largest absolute Gasteiger partial charge is 0.480 e. The Hall–Kier alpha value is -3.48. The van der Waals surface area contributed by atoms with Gasteiger partial charge in [0.1, 0.15) is 18.1 Å². The molecule has 0 saturated heterocycles. The van der Waals surface area contributed by atoms with Gasteiger partial charge in [0, 0.05) is 18.3 Å². The van der Waals surface area contributed by atoms with Gasteiger partial charge in [-0.15, -0.1) is 0 Å². The highest BCUT2D eigenvalue weighted by Crippen LogP contribution is 2.07. The third-order valence-corrected chi connectivity index (χ3v) is 4.44. The molecule has 32 heavy (non-hydrogen) atoms. The number of H-pyrrole nitrogens is 1. The van der Waals surface area contributed by atoms with Crippen LogP contribution < -0.4 is 27.4 Å². The zero-order valence-electron chi connectivity index (χ0n) is 18.3. The van der Waals surface area contributed by atoms with Crippen molar-refractivity contribution in [2.75, 3.05) is 0 Å². The number of carboxylic acids is 1. The monoisotopic (exact) mass is 453 g/mol. The van der Waals surface area contributed by atoms with Crippen LogP contribution in [0, 0.1) is 5.92 Å². The molecule has 0 fully saturated rings. The zero-order valence-corrected chi connectivity index (χ0v) is 18.3. The summed E-state index contributed by atoms with van der Waals surface area (Å²) in [5.41, 5.74) is 11.7. The molecule has 4 atom stereocenters. The maximum Gasteiger partial charge on any atom is 0.325 e. The molecule has 0 aliphatic heterocycles. The fraction of sp³-hybridized carbons (Fsp3) is 0.579. The van der Waals surface area contributed by atoms with Gasteiger partial charge in [-0.2, -0.15) is 0 Å². The lowest BCUT2D eigenvalue weighted by Crippen LogP contribution is -2.57. The quantitative estimate of drug-likeness (QED) is 0.172. The minimum Gasteiger partial charge on any atom is -0.480 e. The molecule has 0 aliphatic rings. The van der Waals surface area contributed by atoms with Crippen molar-refractivity contribution in [1.29, 1.82) is 0 Å². The number of rotatable bonds is 13. The van der Waals surface area contributed by atoms with Crippen molar-refractivity contribution in [3.05, 3.63) is 18.2 Å². The highest BCUT2D eigenvalue weighted by Gasteiger charge is 2.30. The van der Waals surface area contributed by atoms with Crippen LogP contribution in [0.25, 0.3) is 0 Å². The number of amides is 4. The van der Waals surface area contributed by atoms with Crippen molar-refractivity contribution in [2.45, 2.75) is 64.2 Å². The van der Waals surface area contributed by atoms with Crippen LogP contribution in [-0.2, 0) is 30.4 Å². The number of nitrogens with zero attached hydrogens (tertiary/aromatic N) is 1. The average Bonchev–Trinajstić information content (AvgIpc) is 3.18. The number of nitrogens with one attached hydrogen (secondary N) is 4. The summed E-state index contributed by atoms with van der Waals surface area (Å²) < 4.78 is 0. The molecule has 9 N–H and O–H groups in total. The van der Waals surface area contributed by atoms with E-state index in [4.69, 9.17) is 16.6 Å². The SMILES string of the molecule is CC(C)CC(NC(=O)C(N)Cc1cnc[nH]1)C(=O)NC(CC(N)=O)C(=O)NC(C)C(=O)O. The summed E-state index contributed by atoms with van der Waals surface area (Å²) in [4.78, 5) is 66.7. The minimum absolute atomic E-state index is 0.00895. The predicted molar refractivity (Wildman–Crippen MR) is 113 cm³/mol. The van der Waals surface area contributed by atoms with E-state index in [9.17, 15) is 24.0 Å². The number of aromatic nitrogens is 2. The minimum atomic E-state index is -1.41. The number of aliphatic carboxylic acids is 1. The summed E-state index contributed by atoms with van der Waals surface area (Å²) in [6.07, 6.45) is 2.82. The molecular formula is C19H31N7O6. The second kappa shape index (κ2) is 12.4. The highest BCUT2D eigenvalue weighted by molar-refractivity contribution is 5.96. The van der Waals surface area contributed by atoms with Crippen molar-refractivity contribution in [3.63, 3.8) is 0 Å². The van der Waals surface area contributed by atoms with Crippen molar-refractivity contribution >= 4 is 29.6 Å². The molecule has 13 heteroatoms. The molecule has 1 aromatic rings. The Bertz CT molecular complexity index is 811. The molecule has 0 spiro atoms. The van der Waals surface area contributed by atoms with E-state index in [0.29, 0.717) is 5.69 Å². The van der Waals surface area contributed by atoms with Gasteiger partial charge in [-0.25, -0.2) is 4.98 Å². The number of imidazole rings is 1. The van der Waals surface area contributed by atoms with Gasteiger partial charge >= 0.3 is 5.97 Å². The van der Waals surface area contributed by atoms with Gasteiger partial charge in [0.25, 0.3) is 0 Å². The molecule has 0 aliphatic carbocycles. The van der Waals surface area contributed by atoms with Crippen LogP contribution in [0.3, 0.4) is 0 Å². The summed E-state index contributed by atoms with van der Waals surface area (Å²) in [5.74, 6) is -4.39. The van der Waals surface area contributed by atoms with E-state index in [1.807, 2.05) is 13.8 Å². The summed E-state index contributed by atoms with van der Waals surface area (Å²) >= 11 is 0. The van der Waals surface area contributed by atoms with Crippen LogP contribution in [0.15, 0.2) is 12.5 Å². The second-order valence-corrected chi connectivity index (χ2v) is 7.88. The first-order chi connectivity index (χ1) is 14.9. The third-order valence-electron chi connectivity index (χ3n) is 4.44. The Labute approximate surface area is 185 Å². The topological polar surface area (TPSA) is 222 Å². The Kier molecular flexibility index (Phi) is 10.3. The number of aromatic amines is 1. The molecule has 0 aromatic carbocycles. The summed E-state index contributed by atoms with van der Waals surface area (Å²) in [7, 11) is 0. The lowest BCUT2D eigenvalue weighted by molar-refractivity contribution is -0.142. The van der Waals surface area contributed by atoms with E-state index in [-0.39, 0.29) is 18.8 Å². The average molecular weight is 454 g/mol. The second-order valence-electron chi connectivity index (χ2n) is 7.88. The van der Waals surface area contributed by atoms with Crippen LogP contribution >= 0.6 is 0 Å². The van der Waals surface area contributed by atoms with Crippen LogP contribution in [0.5, 0.6) is 0 Å². The molecule has 0 saturated carbocycles. The van der Waals surface area contributed by atoms with E-state index >= 15 is 0 Å². The molecule has 0 radical (unpaired) electrons. The Morgan fingerprint density at radius 1 is 1.03 bits per heavy atom. The van der Waals surface area contributed by atoms with Gasteiger partial charge in [-0.05, 0) is 19.3 Å². The summed E-state index contributed by atoms with van der Waals surface area (Å²) in [6, 6.07) is -4.66. The molecule has 4 amide bonds. The molecule has 13 nitrogen and oxygen atoms in total. The number of nitrogens with two attached hydrogens (primary N) is 2. The Morgan fingerprint density at radius 2 is 1.62 bits per heavy atom. The van der Waals surface area contributed by atoms with E-state index in [0.717, 1.165) is 0 Å².